The molecule has 0 spiro atoms. The summed E-state index contributed by atoms with van der Waals surface area (Å²) in [6.07, 6.45) is 0.601. The van der Waals surface area contributed by atoms with Gasteiger partial charge in [0.25, 0.3) is 0 Å². The van der Waals surface area contributed by atoms with Gasteiger partial charge in [0.1, 0.15) is 11.6 Å². The fourth-order valence-electron chi connectivity index (χ4n) is 4.28. The molecule has 5 rings (SSSR count). The molecule has 5 aromatic rings. The third kappa shape index (κ3) is 5.16. The standard InChI is InChI=1S/C29H25FN4OS/c1-19-10-15-26(20(2)16-19)34-27(17-22-8-5-7-21-6-3-4-9-25(21)22)32-33-29(34)36-18-28(35)31-24-13-11-23(30)12-14-24/h3-16H,17-18H2,1-2H3,(H,31,35). The minimum Gasteiger partial charge on any atom is -0.325 e. The highest BCUT2D eigenvalue weighted by Gasteiger charge is 2.18. The van der Waals surface area contributed by atoms with Crippen molar-refractivity contribution in [2.45, 2.75) is 25.4 Å². The predicted molar refractivity (Wildman–Crippen MR) is 143 cm³/mol. The van der Waals surface area contributed by atoms with Crippen LogP contribution in [0.1, 0.15) is 22.5 Å². The summed E-state index contributed by atoms with van der Waals surface area (Å²) in [4.78, 5) is 12.6. The van der Waals surface area contributed by atoms with Crippen LogP contribution in [-0.4, -0.2) is 26.4 Å². The number of fused-ring (bicyclic) bond motifs is 1. The minimum absolute atomic E-state index is 0.148. The van der Waals surface area contributed by atoms with Gasteiger partial charge in [-0.3, -0.25) is 9.36 Å². The molecule has 1 N–H and O–H groups in total. The predicted octanol–water partition coefficient (Wildman–Crippen LogP) is 6.50. The molecule has 0 aliphatic heterocycles. The quantitative estimate of drug-likeness (QED) is 0.261. The van der Waals surface area contributed by atoms with E-state index in [9.17, 15) is 9.18 Å². The summed E-state index contributed by atoms with van der Waals surface area (Å²) in [6.45, 7) is 4.13. The molecule has 0 aliphatic carbocycles. The Kier molecular flexibility index (Phi) is 6.82. The first-order valence-corrected chi connectivity index (χ1v) is 12.6. The number of carbonyl (C=O) groups excluding carboxylic acids is 1. The van der Waals surface area contributed by atoms with Gasteiger partial charge >= 0.3 is 0 Å². The van der Waals surface area contributed by atoms with Crippen LogP contribution in [-0.2, 0) is 11.2 Å². The van der Waals surface area contributed by atoms with Crippen LogP contribution in [0.4, 0.5) is 10.1 Å². The maximum absolute atomic E-state index is 13.2. The van der Waals surface area contributed by atoms with E-state index >= 15 is 0 Å². The van der Waals surface area contributed by atoms with Gasteiger partial charge in [0.05, 0.1) is 11.4 Å². The van der Waals surface area contributed by atoms with Crippen molar-refractivity contribution in [2.75, 3.05) is 11.1 Å². The van der Waals surface area contributed by atoms with Crippen molar-refractivity contribution in [2.24, 2.45) is 0 Å². The molecule has 0 bridgehead atoms. The zero-order valence-electron chi connectivity index (χ0n) is 20.0. The van der Waals surface area contributed by atoms with E-state index < -0.39 is 0 Å². The van der Waals surface area contributed by atoms with Gasteiger partial charge in [-0.2, -0.15) is 0 Å². The van der Waals surface area contributed by atoms with E-state index in [2.05, 4.69) is 77.9 Å². The van der Waals surface area contributed by atoms with Crippen LogP contribution in [0.15, 0.2) is 90.1 Å². The molecular weight excluding hydrogens is 471 g/mol. The van der Waals surface area contributed by atoms with Crippen LogP contribution in [0.25, 0.3) is 16.5 Å². The Morgan fingerprint density at radius 3 is 2.53 bits per heavy atom. The maximum atomic E-state index is 13.2. The highest BCUT2D eigenvalue weighted by Crippen LogP contribution is 2.28. The van der Waals surface area contributed by atoms with E-state index in [1.54, 1.807) is 12.1 Å². The van der Waals surface area contributed by atoms with Gasteiger partial charge in [-0.25, -0.2) is 4.39 Å². The molecule has 0 saturated carbocycles. The Balaban J connectivity index is 1.45. The summed E-state index contributed by atoms with van der Waals surface area (Å²) < 4.78 is 15.2. The number of carbonyl (C=O) groups is 1. The molecule has 0 atom stereocenters. The molecule has 1 amide bonds. The summed E-state index contributed by atoms with van der Waals surface area (Å²) in [5.74, 6) is 0.411. The molecule has 7 heteroatoms. The second-order valence-electron chi connectivity index (χ2n) is 8.68. The van der Waals surface area contributed by atoms with E-state index in [-0.39, 0.29) is 17.5 Å². The summed E-state index contributed by atoms with van der Waals surface area (Å²) in [6, 6.07) is 26.6. The zero-order chi connectivity index (χ0) is 25.1. The van der Waals surface area contributed by atoms with Gasteiger partial charge in [-0.05, 0) is 66.1 Å². The lowest BCUT2D eigenvalue weighted by atomic mass is 10.0. The van der Waals surface area contributed by atoms with Crippen molar-refractivity contribution in [3.05, 3.63) is 113 Å². The molecule has 1 aromatic heterocycles. The molecule has 36 heavy (non-hydrogen) atoms. The average Bonchev–Trinajstić information content (AvgIpc) is 3.26. The average molecular weight is 497 g/mol. The van der Waals surface area contributed by atoms with Crippen molar-refractivity contribution in [1.29, 1.82) is 0 Å². The lowest BCUT2D eigenvalue weighted by Gasteiger charge is -2.14. The van der Waals surface area contributed by atoms with Crippen molar-refractivity contribution in [3.63, 3.8) is 0 Å². The number of amides is 1. The molecule has 4 aromatic carbocycles. The first-order chi connectivity index (χ1) is 17.5. The molecule has 0 fully saturated rings. The van der Waals surface area contributed by atoms with Crippen molar-refractivity contribution < 1.29 is 9.18 Å². The van der Waals surface area contributed by atoms with Gasteiger partial charge in [0, 0.05) is 12.1 Å². The Bertz CT molecular complexity index is 1540. The number of nitrogens with zero attached hydrogens (tertiary/aromatic N) is 3. The fourth-order valence-corrected chi connectivity index (χ4v) is 5.05. The number of aryl methyl sites for hydroxylation is 2. The largest absolute Gasteiger partial charge is 0.325 e. The lowest BCUT2D eigenvalue weighted by molar-refractivity contribution is -0.113. The summed E-state index contributed by atoms with van der Waals surface area (Å²) >= 11 is 1.32. The van der Waals surface area contributed by atoms with Crippen molar-refractivity contribution in [3.8, 4) is 5.69 Å². The summed E-state index contributed by atoms with van der Waals surface area (Å²) in [7, 11) is 0. The Labute approximate surface area is 213 Å². The zero-order valence-corrected chi connectivity index (χ0v) is 20.8. The molecule has 1 heterocycles. The van der Waals surface area contributed by atoms with Gasteiger partial charge in [0.15, 0.2) is 5.16 Å². The number of nitrogens with one attached hydrogen (secondary N) is 1. The van der Waals surface area contributed by atoms with Crippen LogP contribution >= 0.6 is 11.8 Å². The molecule has 0 unspecified atom stereocenters. The number of anilines is 1. The highest BCUT2D eigenvalue weighted by atomic mass is 32.2. The van der Waals surface area contributed by atoms with E-state index in [1.165, 1.54) is 40.2 Å². The number of halogens is 1. The van der Waals surface area contributed by atoms with Gasteiger partial charge in [-0.1, -0.05) is 71.9 Å². The van der Waals surface area contributed by atoms with Crippen molar-refractivity contribution >= 4 is 34.1 Å². The number of thioether (sulfide) groups is 1. The third-order valence-electron chi connectivity index (χ3n) is 5.98. The van der Waals surface area contributed by atoms with Crippen LogP contribution in [0.2, 0.25) is 0 Å². The Morgan fingerprint density at radius 2 is 1.72 bits per heavy atom. The summed E-state index contributed by atoms with van der Waals surface area (Å²) in [5, 5.41) is 14.8. The number of hydrogen-bond acceptors (Lipinski definition) is 4. The van der Waals surface area contributed by atoms with Crippen LogP contribution in [0.5, 0.6) is 0 Å². The molecule has 180 valence electrons. The first kappa shape index (κ1) is 23.8. The Hall–Kier alpha value is -3.97. The molecule has 5 nitrogen and oxygen atoms in total. The van der Waals surface area contributed by atoms with Gasteiger partial charge in [-0.15, -0.1) is 10.2 Å². The smallest absolute Gasteiger partial charge is 0.234 e. The molecule has 0 radical (unpaired) electrons. The van der Waals surface area contributed by atoms with Crippen molar-refractivity contribution in [1.82, 2.24) is 14.8 Å². The highest BCUT2D eigenvalue weighted by molar-refractivity contribution is 7.99. The second kappa shape index (κ2) is 10.3. The van der Waals surface area contributed by atoms with Crippen LogP contribution in [0.3, 0.4) is 0 Å². The number of benzene rings is 4. The Morgan fingerprint density at radius 1 is 0.944 bits per heavy atom. The van der Waals surface area contributed by atoms with Gasteiger partial charge < -0.3 is 5.32 Å². The van der Waals surface area contributed by atoms with Gasteiger partial charge in [0.2, 0.25) is 5.91 Å². The first-order valence-electron chi connectivity index (χ1n) is 11.6. The van der Waals surface area contributed by atoms with E-state index in [4.69, 9.17) is 0 Å². The fraction of sp³-hybridized carbons (Fsp3) is 0.138. The normalized spacial score (nSPS) is 11.1. The SMILES string of the molecule is Cc1ccc(-n2c(Cc3cccc4ccccc34)nnc2SCC(=O)Nc2ccc(F)cc2)c(C)c1. The number of hydrogen-bond donors (Lipinski definition) is 1. The lowest BCUT2D eigenvalue weighted by Crippen LogP contribution is -2.15. The van der Waals surface area contributed by atoms with Crippen LogP contribution in [0, 0.1) is 19.7 Å². The molecular formula is C29H25FN4OS. The number of rotatable bonds is 7. The van der Waals surface area contributed by atoms with E-state index in [0.29, 0.717) is 17.3 Å². The maximum Gasteiger partial charge on any atom is 0.234 e. The van der Waals surface area contributed by atoms with E-state index in [0.717, 1.165) is 22.6 Å². The molecule has 0 saturated heterocycles. The minimum atomic E-state index is -0.345. The summed E-state index contributed by atoms with van der Waals surface area (Å²) in [5.41, 5.74) is 4.98. The van der Waals surface area contributed by atoms with E-state index in [1.807, 2.05) is 16.7 Å². The third-order valence-corrected chi connectivity index (χ3v) is 6.91. The number of aromatic nitrogens is 3. The van der Waals surface area contributed by atoms with Crippen LogP contribution < -0.4 is 5.32 Å². The topological polar surface area (TPSA) is 59.8 Å². The monoisotopic (exact) mass is 496 g/mol. The second-order valence-corrected chi connectivity index (χ2v) is 9.63. The molecule has 0 aliphatic rings.